The molecule has 0 bridgehead atoms. The lowest BCUT2D eigenvalue weighted by atomic mass is 10.1. The third-order valence-corrected chi connectivity index (χ3v) is 2.56. The molecule has 0 aliphatic rings. The number of aliphatic hydroxyl groups is 1. The van der Waals surface area contributed by atoms with Crippen LogP contribution in [-0.4, -0.2) is 36.8 Å². The summed E-state index contributed by atoms with van der Waals surface area (Å²) in [6.07, 6.45) is 0. The van der Waals surface area contributed by atoms with Crippen molar-refractivity contribution in [1.82, 2.24) is 4.90 Å². The number of nitrogen functional groups attached to an aromatic ring is 1. The average Bonchev–Trinajstić information content (AvgIpc) is 2.28. The first-order valence-corrected chi connectivity index (χ1v) is 5.46. The average molecular weight is 224 g/mol. The second-order valence-electron chi connectivity index (χ2n) is 3.67. The number of nitrogens with zero attached hydrogens (tertiary/aromatic N) is 1. The molecule has 4 nitrogen and oxygen atoms in total. The van der Waals surface area contributed by atoms with Crippen molar-refractivity contribution in [1.29, 1.82) is 0 Å². The maximum absolute atomic E-state index is 8.90. The van der Waals surface area contributed by atoms with Gasteiger partial charge in [0, 0.05) is 13.1 Å². The smallest absolute Gasteiger partial charge is 0.141 e. The molecule has 1 rings (SSSR count). The Balaban J connectivity index is 2.69. The molecule has 3 N–H and O–H groups in total. The molecule has 16 heavy (non-hydrogen) atoms. The van der Waals surface area contributed by atoms with Gasteiger partial charge in [0.25, 0.3) is 0 Å². The molecule has 0 atom stereocenters. The first kappa shape index (κ1) is 12.8. The molecule has 4 heteroatoms. The molecule has 0 amide bonds. The summed E-state index contributed by atoms with van der Waals surface area (Å²) in [6.45, 7) is 4.64. The molecule has 0 aliphatic carbocycles. The SMILES string of the molecule is CCN(CCO)Cc1ccc(OC)c(N)c1. The van der Waals surface area contributed by atoms with Gasteiger partial charge in [0.05, 0.1) is 19.4 Å². The van der Waals surface area contributed by atoms with Crippen LogP contribution >= 0.6 is 0 Å². The van der Waals surface area contributed by atoms with Gasteiger partial charge >= 0.3 is 0 Å². The van der Waals surface area contributed by atoms with Crippen LogP contribution in [0, 0.1) is 0 Å². The Labute approximate surface area is 96.6 Å². The Morgan fingerprint density at radius 2 is 2.19 bits per heavy atom. The third-order valence-electron chi connectivity index (χ3n) is 2.56. The molecule has 0 fully saturated rings. The van der Waals surface area contributed by atoms with Gasteiger partial charge in [0.15, 0.2) is 0 Å². The molecule has 90 valence electrons. The van der Waals surface area contributed by atoms with Crippen LogP contribution < -0.4 is 10.5 Å². The molecular formula is C12H20N2O2. The summed E-state index contributed by atoms with van der Waals surface area (Å²) in [5, 5.41) is 8.90. The van der Waals surface area contributed by atoms with Crippen LogP contribution in [0.3, 0.4) is 0 Å². The number of nitrogens with two attached hydrogens (primary N) is 1. The standard InChI is InChI=1S/C12H20N2O2/c1-3-14(6-7-15)9-10-4-5-12(16-2)11(13)8-10/h4-5,8,15H,3,6-7,9,13H2,1-2H3. The lowest BCUT2D eigenvalue weighted by Gasteiger charge is -2.19. The molecule has 0 heterocycles. The summed E-state index contributed by atoms with van der Waals surface area (Å²) in [5.41, 5.74) is 7.62. The Bertz CT molecular complexity index is 329. The van der Waals surface area contributed by atoms with Crippen molar-refractivity contribution in [2.24, 2.45) is 0 Å². The van der Waals surface area contributed by atoms with E-state index in [0.717, 1.165) is 18.7 Å². The Morgan fingerprint density at radius 1 is 1.44 bits per heavy atom. The number of benzene rings is 1. The molecule has 1 aromatic rings. The van der Waals surface area contributed by atoms with Crippen LogP contribution in [0.5, 0.6) is 5.75 Å². The minimum atomic E-state index is 0.180. The van der Waals surface area contributed by atoms with Crippen molar-refractivity contribution in [3.8, 4) is 5.75 Å². The second-order valence-corrected chi connectivity index (χ2v) is 3.67. The molecule has 0 unspecified atom stereocenters. The van der Waals surface area contributed by atoms with E-state index in [2.05, 4.69) is 11.8 Å². The molecule has 0 radical (unpaired) electrons. The Hall–Kier alpha value is -1.26. The van der Waals surface area contributed by atoms with Crippen LogP contribution in [0.1, 0.15) is 12.5 Å². The summed E-state index contributed by atoms with van der Waals surface area (Å²) in [6, 6.07) is 5.78. The van der Waals surface area contributed by atoms with Crippen LogP contribution in [0.15, 0.2) is 18.2 Å². The summed E-state index contributed by atoms with van der Waals surface area (Å²) in [5.74, 6) is 0.703. The van der Waals surface area contributed by atoms with Crippen molar-refractivity contribution in [3.05, 3.63) is 23.8 Å². The van der Waals surface area contributed by atoms with Crippen LogP contribution in [-0.2, 0) is 6.54 Å². The zero-order valence-electron chi connectivity index (χ0n) is 9.94. The largest absolute Gasteiger partial charge is 0.495 e. The van der Waals surface area contributed by atoms with E-state index in [1.54, 1.807) is 7.11 Å². The fraction of sp³-hybridized carbons (Fsp3) is 0.500. The van der Waals surface area contributed by atoms with E-state index in [4.69, 9.17) is 15.6 Å². The number of hydrogen-bond acceptors (Lipinski definition) is 4. The van der Waals surface area contributed by atoms with E-state index in [9.17, 15) is 0 Å². The van der Waals surface area contributed by atoms with Crippen LogP contribution in [0.4, 0.5) is 5.69 Å². The number of anilines is 1. The van der Waals surface area contributed by atoms with E-state index in [-0.39, 0.29) is 6.61 Å². The number of methoxy groups -OCH3 is 1. The van der Waals surface area contributed by atoms with E-state index in [1.165, 1.54) is 0 Å². The van der Waals surface area contributed by atoms with Gasteiger partial charge in [-0.25, -0.2) is 0 Å². The van der Waals surface area contributed by atoms with Crippen molar-refractivity contribution >= 4 is 5.69 Å². The summed E-state index contributed by atoms with van der Waals surface area (Å²) in [7, 11) is 1.61. The normalized spacial score (nSPS) is 10.8. The lowest BCUT2D eigenvalue weighted by molar-refractivity contribution is 0.197. The molecule has 0 aromatic heterocycles. The second kappa shape index (κ2) is 6.35. The Kier molecular flexibility index (Phi) is 5.08. The zero-order chi connectivity index (χ0) is 12.0. The molecule has 0 spiro atoms. The molecule has 0 saturated carbocycles. The first-order valence-electron chi connectivity index (χ1n) is 5.46. The zero-order valence-corrected chi connectivity index (χ0v) is 9.94. The molecule has 0 saturated heterocycles. The maximum Gasteiger partial charge on any atom is 0.141 e. The van der Waals surface area contributed by atoms with Gasteiger partial charge in [-0.05, 0) is 24.2 Å². The molecule has 1 aromatic carbocycles. The van der Waals surface area contributed by atoms with E-state index in [0.29, 0.717) is 18.0 Å². The van der Waals surface area contributed by atoms with E-state index >= 15 is 0 Å². The van der Waals surface area contributed by atoms with Gasteiger partial charge in [0.1, 0.15) is 5.75 Å². The van der Waals surface area contributed by atoms with Gasteiger partial charge in [-0.15, -0.1) is 0 Å². The van der Waals surface area contributed by atoms with Gasteiger partial charge in [-0.1, -0.05) is 13.0 Å². The quantitative estimate of drug-likeness (QED) is 0.710. The topological polar surface area (TPSA) is 58.7 Å². The predicted octanol–water partition coefficient (Wildman–Crippen LogP) is 1.09. The fourth-order valence-corrected chi connectivity index (χ4v) is 1.63. The fourth-order valence-electron chi connectivity index (χ4n) is 1.63. The number of aliphatic hydroxyl groups excluding tert-OH is 1. The van der Waals surface area contributed by atoms with Crippen molar-refractivity contribution in [2.45, 2.75) is 13.5 Å². The van der Waals surface area contributed by atoms with Gasteiger partial charge in [-0.2, -0.15) is 0 Å². The van der Waals surface area contributed by atoms with Gasteiger partial charge in [0.2, 0.25) is 0 Å². The number of hydrogen-bond donors (Lipinski definition) is 2. The highest BCUT2D eigenvalue weighted by molar-refractivity contribution is 5.54. The van der Waals surface area contributed by atoms with Gasteiger partial charge < -0.3 is 15.6 Å². The molecule has 0 aliphatic heterocycles. The minimum Gasteiger partial charge on any atom is -0.495 e. The number of ether oxygens (including phenoxy) is 1. The van der Waals surface area contributed by atoms with E-state index in [1.807, 2.05) is 18.2 Å². The first-order chi connectivity index (χ1) is 7.71. The third kappa shape index (κ3) is 3.40. The highest BCUT2D eigenvalue weighted by atomic mass is 16.5. The highest BCUT2D eigenvalue weighted by Gasteiger charge is 2.05. The van der Waals surface area contributed by atoms with Crippen molar-refractivity contribution in [2.75, 3.05) is 32.5 Å². The van der Waals surface area contributed by atoms with Crippen LogP contribution in [0.25, 0.3) is 0 Å². The summed E-state index contributed by atoms with van der Waals surface area (Å²) in [4.78, 5) is 2.15. The predicted molar refractivity (Wildman–Crippen MR) is 65.4 cm³/mol. The Morgan fingerprint density at radius 3 is 2.69 bits per heavy atom. The number of rotatable bonds is 6. The monoisotopic (exact) mass is 224 g/mol. The summed E-state index contributed by atoms with van der Waals surface area (Å²) < 4.78 is 5.10. The maximum atomic E-state index is 8.90. The number of likely N-dealkylation sites (N-methyl/N-ethyl adjacent to an activating group) is 1. The van der Waals surface area contributed by atoms with Crippen LogP contribution in [0.2, 0.25) is 0 Å². The van der Waals surface area contributed by atoms with E-state index < -0.39 is 0 Å². The van der Waals surface area contributed by atoms with Gasteiger partial charge in [-0.3, -0.25) is 4.90 Å². The van der Waals surface area contributed by atoms with Crippen molar-refractivity contribution < 1.29 is 9.84 Å². The lowest BCUT2D eigenvalue weighted by Crippen LogP contribution is -2.26. The summed E-state index contributed by atoms with van der Waals surface area (Å²) >= 11 is 0. The molecular weight excluding hydrogens is 204 g/mol. The van der Waals surface area contributed by atoms with Crippen molar-refractivity contribution in [3.63, 3.8) is 0 Å². The minimum absolute atomic E-state index is 0.180. The highest BCUT2D eigenvalue weighted by Crippen LogP contribution is 2.22.